The Balaban J connectivity index is 2.01. The molecule has 7 heteroatoms. The summed E-state index contributed by atoms with van der Waals surface area (Å²) in [6.45, 7) is 3.75. The summed E-state index contributed by atoms with van der Waals surface area (Å²) in [5.74, 6) is 0.919. The predicted octanol–water partition coefficient (Wildman–Crippen LogP) is 2.65. The second kappa shape index (κ2) is 8.59. The van der Waals surface area contributed by atoms with Crippen molar-refractivity contribution in [2.24, 2.45) is 0 Å². The van der Waals surface area contributed by atoms with Crippen LogP contribution in [0.4, 0.5) is 0 Å². The first-order valence-electron chi connectivity index (χ1n) is 7.56. The lowest BCUT2D eigenvalue weighted by Gasteiger charge is -2.18. The zero-order chi connectivity index (χ0) is 16.7. The first-order chi connectivity index (χ1) is 11.1. The first kappa shape index (κ1) is 17.4. The van der Waals surface area contributed by atoms with Crippen molar-refractivity contribution in [1.82, 2.24) is 20.0 Å². The van der Waals surface area contributed by atoms with E-state index in [1.807, 2.05) is 49.5 Å². The van der Waals surface area contributed by atoms with Crippen molar-refractivity contribution in [2.45, 2.75) is 19.9 Å². The summed E-state index contributed by atoms with van der Waals surface area (Å²) < 4.78 is 5.66. The Hall–Kier alpha value is -1.99. The molecule has 0 unspecified atom stereocenters. The van der Waals surface area contributed by atoms with Crippen LogP contribution in [0, 0.1) is 0 Å². The summed E-state index contributed by atoms with van der Waals surface area (Å²) in [4.78, 5) is 16.9. The van der Waals surface area contributed by atoms with Crippen LogP contribution in [0.1, 0.15) is 19.2 Å². The molecule has 124 valence electrons. The molecule has 0 N–H and O–H groups in total. The number of thiophene rings is 1. The lowest BCUT2D eigenvalue weighted by molar-refractivity contribution is -0.127. The number of hydrogen-bond acceptors (Lipinski definition) is 6. The van der Waals surface area contributed by atoms with Gasteiger partial charge in [-0.2, -0.15) is 0 Å². The molecule has 1 amide bonds. The molecular weight excluding hydrogens is 312 g/mol. The summed E-state index contributed by atoms with van der Waals surface area (Å²) in [6, 6.07) is 3.87. The Morgan fingerprint density at radius 3 is 2.87 bits per heavy atom. The van der Waals surface area contributed by atoms with E-state index < -0.39 is 0 Å². The van der Waals surface area contributed by atoms with Gasteiger partial charge in [-0.15, -0.1) is 21.5 Å². The van der Waals surface area contributed by atoms with Crippen molar-refractivity contribution in [3.8, 4) is 10.8 Å². The van der Waals surface area contributed by atoms with Gasteiger partial charge in [-0.25, -0.2) is 0 Å². The summed E-state index contributed by atoms with van der Waals surface area (Å²) >= 11 is 1.55. The van der Waals surface area contributed by atoms with E-state index in [2.05, 4.69) is 10.2 Å². The number of likely N-dealkylation sites (N-methyl/N-ethyl adjacent to an activating group) is 1. The van der Waals surface area contributed by atoms with Crippen LogP contribution in [0.15, 0.2) is 34.1 Å². The summed E-state index contributed by atoms with van der Waals surface area (Å²) in [5, 5.41) is 10.1. The molecule has 0 saturated heterocycles. The molecule has 0 aromatic carbocycles. The maximum atomic E-state index is 12.3. The third-order valence-electron chi connectivity index (χ3n) is 3.06. The molecule has 0 spiro atoms. The molecule has 2 rings (SSSR count). The van der Waals surface area contributed by atoms with Gasteiger partial charge in [-0.1, -0.05) is 19.1 Å². The highest BCUT2D eigenvalue weighted by atomic mass is 32.1. The lowest BCUT2D eigenvalue weighted by atomic mass is 10.3. The van der Waals surface area contributed by atoms with Gasteiger partial charge in [0.05, 0.1) is 11.4 Å². The Kier molecular flexibility index (Phi) is 6.49. The number of aromatic nitrogens is 2. The molecule has 0 bridgehead atoms. The average molecular weight is 334 g/mol. The van der Waals surface area contributed by atoms with E-state index in [4.69, 9.17) is 4.42 Å². The van der Waals surface area contributed by atoms with Gasteiger partial charge in [0.2, 0.25) is 11.8 Å². The monoisotopic (exact) mass is 334 g/mol. The number of carbonyl (C=O) groups is 1. The number of amides is 1. The van der Waals surface area contributed by atoms with Gasteiger partial charge < -0.3 is 14.2 Å². The van der Waals surface area contributed by atoms with E-state index in [-0.39, 0.29) is 5.91 Å². The quantitative estimate of drug-likeness (QED) is 0.695. The molecule has 0 radical (unpaired) electrons. The van der Waals surface area contributed by atoms with E-state index in [1.165, 1.54) is 0 Å². The fourth-order valence-electron chi connectivity index (χ4n) is 1.99. The normalized spacial score (nSPS) is 11.5. The van der Waals surface area contributed by atoms with Crippen molar-refractivity contribution in [1.29, 1.82) is 0 Å². The largest absolute Gasteiger partial charge is 0.418 e. The zero-order valence-electron chi connectivity index (χ0n) is 13.7. The summed E-state index contributed by atoms with van der Waals surface area (Å²) in [6.07, 6.45) is 4.33. The molecule has 0 atom stereocenters. The maximum absolute atomic E-state index is 12.3. The van der Waals surface area contributed by atoms with Crippen molar-refractivity contribution >= 4 is 17.2 Å². The third-order valence-corrected chi connectivity index (χ3v) is 3.92. The zero-order valence-corrected chi connectivity index (χ0v) is 14.5. The van der Waals surface area contributed by atoms with Gasteiger partial charge in [0.25, 0.3) is 5.89 Å². The van der Waals surface area contributed by atoms with Gasteiger partial charge in [0.15, 0.2) is 0 Å². The molecule has 0 aliphatic rings. The third kappa shape index (κ3) is 5.30. The van der Waals surface area contributed by atoms with Crippen LogP contribution in [0.2, 0.25) is 0 Å². The fourth-order valence-corrected chi connectivity index (χ4v) is 2.63. The van der Waals surface area contributed by atoms with E-state index >= 15 is 0 Å². The number of rotatable bonds is 8. The molecule has 0 aliphatic carbocycles. The topological polar surface area (TPSA) is 62.5 Å². The minimum absolute atomic E-state index is 0.0374. The van der Waals surface area contributed by atoms with Gasteiger partial charge in [-0.3, -0.25) is 4.79 Å². The fraction of sp³-hybridized carbons (Fsp3) is 0.438. The van der Waals surface area contributed by atoms with Crippen LogP contribution < -0.4 is 0 Å². The van der Waals surface area contributed by atoms with Gasteiger partial charge in [-0.05, 0) is 32.0 Å². The highest BCUT2D eigenvalue weighted by Gasteiger charge is 2.16. The van der Waals surface area contributed by atoms with Crippen molar-refractivity contribution in [3.63, 3.8) is 0 Å². The lowest BCUT2D eigenvalue weighted by Crippen LogP contribution is -2.30. The second-order valence-corrected chi connectivity index (χ2v) is 6.35. The van der Waals surface area contributed by atoms with Crippen LogP contribution in [-0.2, 0) is 11.3 Å². The molecule has 6 nitrogen and oxygen atoms in total. The SMILES string of the molecule is CCCN(Cc1nnc(-c2cccs2)o1)C(=O)/C=C/CN(C)C. The minimum atomic E-state index is -0.0374. The van der Waals surface area contributed by atoms with Crippen LogP contribution >= 0.6 is 11.3 Å². The van der Waals surface area contributed by atoms with E-state index in [0.717, 1.165) is 17.8 Å². The average Bonchev–Trinajstić information content (AvgIpc) is 3.17. The highest BCUT2D eigenvalue weighted by molar-refractivity contribution is 7.13. The molecule has 2 aromatic heterocycles. The molecule has 0 aliphatic heterocycles. The van der Waals surface area contributed by atoms with E-state index in [9.17, 15) is 4.79 Å². The molecule has 23 heavy (non-hydrogen) atoms. The molecule has 2 heterocycles. The minimum Gasteiger partial charge on any atom is -0.418 e. The van der Waals surface area contributed by atoms with Crippen molar-refractivity contribution in [2.75, 3.05) is 27.2 Å². The highest BCUT2D eigenvalue weighted by Crippen LogP contribution is 2.23. The van der Waals surface area contributed by atoms with Gasteiger partial charge in [0.1, 0.15) is 0 Å². The number of hydrogen-bond donors (Lipinski definition) is 0. The number of nitrogens with zero attached hydrogens (tertiary/aromatic N) is 4. The Morgan fingerprint density at radius 2 is 2.22 bits per heavy atom. The summed E-state index contributed by atoms with van der Waals surface area (Å²) in [7, 11) is 3.92. The molecule has 0 fully saturated rings. The molecule has 0 saturated carbocycles. The van der Waals surface area contributed by atoms with Crippen LogP contribution in [0.3, 0.4) is 0 Å². The van der Waals surface area contributed by atoms with Crippen LogP contribution in [0.25, 0.3) is 10.8 Å². The number of carbonyl (C=O) groups excluding carboxylic acids is 1. The Morgan fingerprint density at radius 1 is 1.39 bits per heavy atom. The Bertz CT molecular complexity index is 634. The molecule has 2 aromatic rings. The van der Waals surface area contributed by atoms with Gasteiger partial charge in [0, 0.05) is 19.2 Å². The van der Waals surface area contributed by atoms with Crippen molar-refractivity contribution in [3.05, 3.63) is 35.6 Å². The maximum Gasteiger partial charge on any atom is 0.257 e. The molecular formula is C16H22N4O2S. The smallest absolute Gasteiger partial charge is 0.257 e. The predicted molar refractivity (Wildman–Crippen MR) is 91.0 cm³/mol. The van der Waals surface area contributed by atoms with Crippen molar-refractivity contribution < 1.29 is 9.21 Å². The standard InChI is InChI=1S/C16H22N4O2S/c1-4-9-20(15(21)8-5-10-19(2)3)12-14-17-18-16(22-14)13-7-6-11-23-13/h5-8,11H,4,9-10,12H2,1-3H3/b8-5+. The Labute approximate surface area is 140 Å². The second-order valence-electron chi connectivity index (χ2n) is 5.40. The first-order valence-corrected chi connectivity index (χ1v) is 8.44. The van der Waals surface area contributed by atoms with Gasteiger partial charge >= 0.3 is 0 Å². The van der Waals surface area contributed by atoms with Crippen LogP contribution in [0.5, 0.6) is 0 Å². The summed E-state index contributed by atoms with van der Waals surface area (Å²) in [5.41, 5.74) is 0. The van der Waals surface area contributed by atoms with Crippen LogP contribution in [-0.4, -0.2) is 53.1 Å². The van der Waals surface area contributed by atoms with E-state index in [1.54, 1.807) is 22.3 Å². The van der Waals surface area contributed by atoms with E-state index in [0.29, 0.717) is 24.9 Å².